The van der Waals surface area contributed by atoms with Crippen molar-refractivity contribution in [2.45, 2.75) is 6.92 Å². The van der Waals surface area contributed by atoms with Crippen LogP contribution in [0.3, 0.4) is 0 Å². The van der Waals surface area contributed by atoms with E-state index in [-0.39, 0.29) is 6.03 Å². The van der Waals surface area contributed by atoms with Crippen LogP contribution in [0.5, 0.6) is 5.75 Å². The van der Waals surface area contributed by atoms with Crippen molar-refractivity contribution in [3.05, 3.63) is 36.2 Å². The molecule has 9 heteroatoms. The molecule has 2 fully saturated rings. The molecule has 9 nitrogen and oxygen atoms in total. The number of ether oxygens (including phenoxy) is 2. The molecule has 2 amide bonds. The second kappa shape index (κ2) is 9.17. The highest BCUT2D eigenvalue weighted by Crippen LogP contribution is 2.22. The standard InChI is InChI=1S/C21H28N6O3/c1-16-22-19(15-20(23-16)26-10-12-30-13-11-26)25-6-8-27(9-7-25)21(28)24-17-4-3-5-18(14-17)29-2/h3-5,14-15H,6-13H2,1-2H3,(H,24,28). The second-order valence-electron chi connectivity index (χ2n) is 7.37. The molecule has 160 valence electrons. The molecule has 0 radical (unpaired) electrons. The van der Waals surface area contributed by atoms with E-state index in [0.717, 1.165) is 62.5 Å². The SMILES string of the molecule is COc1cccc(NC(=O)N2CCN(c3cc(N4CCOCC4)nc(C)n3)CC2)c1. The number of nitrogens with zero attached hydrogens (tertiary/aromatic N) is 5. The lowest BCUT2D eigenvalue weighted by atomic mass is 10.3. The fraction of sp³-hybridized carbons (Fsp3) is 0.476. The van der Waals surface area contributed by atoms with Gasteiger partial charge in [-0.15, -0.1) is 0 Å². The highest BCUT2D eigenvalue weighted by atomic mass is 16.5. The molecule has 4 rings (SSSR count). The van der Waals surface area contributed by atoms with Crippen molar-refractivity contribution in [2.75, 3.05) is 74.7 Å². The maximum absolute atomic E-state index is 12.6. The average molecular weight is 412 g/mol. The maximum Gasteiger partial charge on any atom is 0.321 e. The Kier molecular flexibility index (Phi) is 6.18. The number of carbonyl (C=O) groups excluding carboxylic acids is 1. The normalized spacial score (nSPS) is 17.1. The number of hydrogen-bond donors (Lipinski definition) is 1. The van der Waals surface area contributed by atoms with Gasteiger partial charge in [-0.2, -0.15) is 0 Å². The molecule has 0 unspecified atom stereocenters. The summed E-state index contributed by atoms with van der Waals surface area (Å²) in [6.07, 6.45) is 0. The summed E-state index contributed by atoms with van der Waals surface area (Å²) in [7, 11) is 1.61. The zero-order valence-corrected chi connectivity index (χ0v) is 17.5. The minimum absolute atomic E-state index is 0.101. The van der Waals surface area contributed by atoms with Gasteiger partial charge in [-0.05, 0) is 19.1 Å². The van der Waals surface area contributed by atoms with Crippen LogP contribution in [0.2, 0.25) is 0 Å². The van der Waals surface area contributed by atoms with Crippen LogP contribution in [-0.2, 0) is 4.74 Å². The monoisotopic (exact) mass is 412 g/mol. The lowest BCUT2D eigenvalue weighted by Crippen LogP contribution is -2.50. The third-order valence-corrected chi connectivity index (χ3v) is 5.36. The molecule has 0 saturated carbocycles. The third kappa shape index (κ3) is 4.73. The Balaban J connectivity index is 1.37. The van der Waals surface area contributed by atoms with Crippen LogP contribution in [0.4, 0.5) is 22.1 Å². The van der Waals surface area contributed by atoms with E-state index in [0.29, 0.717) is 18.8 Å². The molecule has 2 aliphatic rings. The van der Waals surface area contributed by atoms with Crippen LogP contribution in [0, 0.1) is 6.92 Å². The number of nitrogens with one attached hydrogen (secondary N) is 1. The molecule has 0 bridgehead atoms. The topological polar surface area (TPSA) is 83.1 Å². The van der Waals surface area contributed by atoms with E-state index in [4.69, 9.17) is 9.47 Å². The molecule has 0 atom stereocenters. The molecule has 0 spiro atoms. The first-order valence-corrected chi connectivity index (χ1v) is 10.3. The van der Waals surface area contributed by atoms with Crippen molar-refractivity contribution in [3.8, 4) is 5.75 Å². The average Bonchev–Trinajstić information content (AvgIpc) is 2.79. The van der Waals surface area contributed by atoms with Gasteiger partial charge in [0.25, 0.3) is 0 Å². The number of aryl methyl sites for hydroxylation is 1. The number of hydrogen-bond acceptors (Lipinski definition) is 7. The number of benzene rings is 1. The van der Waals surface area contributed by atoms with Gasteiger partial charge in [-0.25, -0.2) is 14.8 Å². The van der Waals surface area contributed by atoms with Crippen LogP contribution in [0.25, 0.3) is 0 Å². The largest absolute Gasteiger partial charge is 0.497 e. The van der Waals surface area contributed by atoms with Crippen molar-refractivity contribution in [1.82, 2.24) is 14.9 Å². The molecular weight excluding hydrogens is 384 g/mol. The summed E-state index contributed by atoms with van der Waals surface area (Å²) in [4.78, 5) is 28.2. The second-order valence-corrected chi connectivity index (χ2v) is 7.37. The first-order valence-electron chi connectivity index (χ1n) is 10.3. The van der Waals surface area contributed by atoms with Crippen molar-refractivity contribution < 1.29 is 14.3 Å². The molecule has 2 aliphatic heterocycles. The molecule has 30 heavy (non-hydrogen) atoms. The summed E-state index contributed by atoms with van der Waals surface area (Å²) in [5.41, 5.74) is 0.725. The number of piperazine rings is 1. The summed E-state index contributed by atoms with van der Waals surface area (Å²) in [6.45, 7) is 7.76. The van der Waals surface area contributed by atoms with E-state index in [1.54, 1.807) is 7.11 Å². The van der Waals surface area contributed by atoms with Crippen molar-refractivity contribution in [1.29, 1.82) is 0 Å². The van der Waals surface area contributed by atoms with Crippen LogP contribution in [0.15, 0.2) is 30.3 Å². The lowest BCUT2D eigenvalue weighted by molar-refractivity contribution is 0.122. The number of methoxy groups -OCH3 is 1. The fourth-order valence-electron chi connectivity index (χ4n) is 3.70. The van der Waals surface area contributed by atoms with Crippen molar-refractivity contribution in [3.63, 3.8) is 0 Å². The molecule has 2 aromatic rings. The van der Waals surface area contributed by atoms with Crippen LogP contribution in [-0.4, -0.2) is 80.5 Å². The summed E-state index contributed by atoms with van der Waals surface area (Å²) in [6, 6.07) is 9.32. The molecule has 0 aliphatic carbocycles. The van der Waals surface area contributed by atoms with Gasteiger partial charge in [0.05, 0.1) is 20.3 Å². The van der Waals surface area contributed by atoms with E-state index in [9.17, 15) is 4.79 Å². The number of rotatable bonds is 4. The van der Waals surface area contributed by atoms with E-state index in [1.807, 2.05) is 42.2 Å². The van der Waals surface area contributed by atoms with E-state index in [2.05, 4.69) is 25.1 Å². The van der Waals surface area contributed by atoms with Gasteiger partial charge in [0, 0.05) is 57.1 Å². The Hall–Kier alpha value is -3.07. The Morgan fingerprint density at radius 2 is 1.67 bits per heavy atom. The molecular formula is C21H28N6O3. The number of urea groups is 1. The number of aromatic nitrogens is 2. The van der Waals surface area contributed by atoms with Gasteiger partial charge in [-0.1, -0.05) is 6.07 Å². The summed E-state index contributed by atoms with van der Waals surface area (Å²) in [5, 5.41) is 2.95. The van der Waals surface area contributed by atoms with E-state index in [1.165, 1.54) is 0 Å². The number of morpholine rings is 1. The van der Waals surface area contributed by atoms with Gasteiger partial charge < -0.3 is 29.5 Å². The highest BCUT2D eigenvalue weighted by Gasteiger charge is 2.23. The molecule has 1 aromatic heterocycles. The minimum Gasteiger partial charge on any atom is -0.497 e. The maximum atomic E-state index is 12.6. The Bertz CT molecular complexity index is 879. The first kappa shape index (κ1) is 20.2. The van der Waals surface area contributed by atoms with Gasteiger partial charge in [0.15, 0.2) is 0 Å². The Labute approximate surface area is 176 Å². The van der Waals surface area contributed by atoms with Crippen molar-refractivity contribution in [2.24, 2.45) is 0 Å². The number of amides is 2. The zero-order valence-electron chi connectivity index (χ0n) is 17.5. The van der Waals surface area contributed by atoms with Crippen LogP contribution in [0.1, 0.15) is 5.82 Å². The van der Waals surface area contributed by atoms with Crippen molar-refractivity contribution >= 4 is 23.4 Å². The van der Waals surface area contributed by atoms with E-state index < -0.39 is 0 Å². The molecule has 2 saturated heterocycles. The summed E-state index contributed by atoms with van der Waals surface area (Å²) in [5.74, 6) is 3.33. The van der Waals surface area contributed by atoms with Gasteiger partial charge in [0.1, 0.15) is 23.2 Å². The Morgan fingerprint density at radius 1 is 1.00 bits per heavy atom. The Morgan fingerprint density at radius 3 is 2.33 bits per heavy atom. The van der Waals surface area contributed by atoms with E-state index >= 15 is 0 Å². The number of carbonyl (C=O) groups is 1. The predicted octanol–water partition coefficient (Wildman–Crippen LogP) is 1.98. The smallest absolute Gasteiger partial charge is 0.321 e. The highest BCUT2D eigenvalue weighted by molar-refractivity contribution is 5.89. The lowest BCUT2D eigenvalue weighted by Gasteiger charge is -2.36. The van der Waals surface area contributed by atoms with Gasteiger partial charge in [-0.3, -0.25) is 0 Å². The van der Waals surface area contributed by atoms with Crippen LogP contribution >= 0.6 is 0 Å². The molecule has 1 N–H and O–H groups in total. The molecule has 1 aromatic carbocycles. The summed E-state index contributed by atoms with van der Waals surface area (Å²) < 4.78 is 10.7. The van der Waals surface area contributed by atoms with Crippen LogP contribution < -0.4 is 19.9 Å². The summed E-state index contributed by atoms with van der Waals surface area (Å²) >= 11 is 0. The zero-order chi connectivity index (χ0) is 20.9. The van der Waals surface area contributed by atoms with Gasteiger partial charge in [0.2, 0.25) is 0 Å². The quantitative estimate of drug-likeness (QED) is 0.822. The minimum atomic E-state index is -0.101. The molecule has 3 heterocycles. The fourth-order valence-corrected chi connectivity index (χ4v) is 3.70. The van der Waals surface area contributed by atoms with Gasteiger partial charge >= 0.3 is 6.03 Å². The third-order valence-electron chi connectivity index (χ3n) is 5.36. The first-order chi connectivity index (χ1) is 14.6. The number of anilines is 3. The predicted molar refractivity (Wildman–Crippen MR) is 116 cm³/mol.